The number of aromatic nitrogens is 1. The molecule has 130 valence electrons. The second-order valence-electron chi connectivity index (χ2n) is 6.95. The van der Waals surface area contributed by atoms with E-state index in [4.69, 9.17) is 4.74 Å². The highest BCUT2D eigenvalue weighted by Gasteiger charge is 2.35. The first-order valence-corrected chi connectivity index (χ1v) is 9.70. The van der Waals surface area contributed by atoms with E-state index < -0.39 is 0 Å². The van der Waals surface area contributed by atoms with Crippen molar-refractivity contribution in [2.24, 2.45) is 5.92 Å². The molecule has 3 aliphatic rings. The van der Waals surface area contributed by atoms with Gasteiger partial charge in [-0.25, -0.2) is 4.98 Å². The van der Waals surface area contributed by atoms with Gasteiger partial charge >= 0.3 is 0 Å². The third-order valence-electron chi connectivity index (χ3n) is 4.96. The lowest BCUT2D eigenvalue weighted by Gasteiger charge is -2.25. The maximum atomic E-state index is 12.7. The molecule has 1 aromatic rings. The topological polar surface area (TPSA) is 62.7 Å². The Bertz CT molecular complexity index is 622. The zero-order chi connectivity index (χ0) is 16.5. The van der Waals surface area contributed by atoms with Crippen molar-refractivity contribution in [2.45, 2.75) is 44.6 Å². The molecular weight excluding hydrogens is 326 g/mol. The van der Waals surface area contributed by atoms with E-state index in [9.17, 15) is 9.59 Å². The summed E-state index contributed by atoms with van der Waals surface area (Å²) in [5, 5.41) is 2.66. The first-order valence-electron chi connectivity index (χ1n) is 8.82. The highest BCUT2D eigenvalue weighted by atomic mass is 32.1. The molecule has 0 aromatic carbocycles. The number of thiazole rings is 1. The van der Waals surface area contributed by atoms with Crippen LogP contribution in [0.2, 0.25) is 0 Å². The van der Waals surface area contributed by atoms with E-state index in [0.29, 0.717) is 24.8 Å². The van der Waals surface area contributed by atoms with Crippen LogP contribution in [0.15, 0.2) is 5.38 Å². The Balaban J connectivity index is 1.39. The first-order chi connectivity index (χ1) is 11.7. The van der Waals surface area contributed by atoms with Gasteiger partial charge in [0.2, 0.25) is 11.8 Å². The van der Waals surface area contributed by atoms with Crippen LogP contribution in [0, 0.1) is 5.92 Å². The van der Waals surface area contributed by atoms with Gasteiger partial charge < -0.3 is 9.64 Å². The molecule has 0 N–H and O–H groups in total. The summed E-state index contributed by atoms with van der Waals surface area (Å²) in [6, 6.07) is 0.413. The Labute approximate surface area is 145 Å². The minimum atomic E-state index is 0.142. The zero-order valence-electron chi connectivity index (χ0n) is 13.8. The molecule has 7 heteroatoms. The van der Waals surface area contributed by atoms with Crippen LogP contribution in [0.5, 0.6) is 0 Å². The molecule has 1 saturated carbocycles. The van der Waals surface area contributed by atoms with Gasteiger partial charge in [0.1, 0.15) is 0 Å². The van der Waals surface area contributed by atoms with Crippen LogP contribution in [0.3, 0.4) is 0 Å². The molecule has 2 aliphatic heterocycles. The summed E-state index contributed by atoms with van der Waals surface area (Å²) < 4.78 is 5.44. The lowest BCUT2D eigenvalue weighted by atomic mass is 10.1. The maximum Gasteiger partial charge on any atom is 0.228 e. The Kier molecular flexibility index (Phi) is 4.54. The molecule has 2 saturated heterocycles. The Morgan fingerprint density at radius 3 is 2.96 bits per heavy atom. The number of carbonyl (C=O) groups is 2. The summed E-state index contributed by atoms with van der Waals surface area (Å²) in [5.41, 5.74) is 0.785. The van der Waals surface area contributed by atoms with Crippen molar-refractivity contribution < 1.29 is 14.3 Å². The molecule has 1 atom stereocenters. The van der Waals surface area contributed by atoms with Gasteiger partial charge in [0.25, 0.3) is 0 Å². The molecule has 1 aliphatic carbocycles. The summed E-state index contributed by atoms with van der Waals surface area (Å²) in [4.78, 5) is 32.9. The fraction of sp³-hybridized carbons (Fsp3) is 0.706. The highest BCUT2D eigenvalue weighted by molar-refractivity contribution is 7.14. The highest BCUT2D eigenvalue weighted by Crippen LogP contribution is 2.30. The lowest BCUT2D eigenvalue weighted by Crippen LogP contribution is -2.38. The Morgan fingerprint density at radius 2 is 2.29 bits per heavy atom. The van der Waals surface area contributed by atoms with Gasteiger partial charge in [-0.15, -0.1) is 11.3 Å². The fourth-order valence-electron chi connectivity index (χ4n) is 3.45. The fourth-order valence-corrected chi connectivity index (χ4v) is 4.32. The summed E-state index contributed by atoms with van der Waals surface area (Å²) in [7, 11) is 0. The maximum absolute atomic E-state index is 12.7. The monoisotopic (exact) mass is 349 g/mol. The van der Waals surface area contributed by atoms with Crippen molar-refractivity contribution in [3.05, 3.63) is 11.1 Å². The van der Waals surface area contributed by atoms with Gasteiger partial charge in [-0.3, -0.25) is 14.5 Å². The third-order valence-corrected chi connectivity index (χ3v) is 5.88. The van der Waals surface area contributed by atoms with Crippen LogP contribution in [-0.4, -0.2) is 54.0 Å². The molecule has 0 unspecified atom stereocenters. The second kappa shape index (κ2) is 6.80. The zero-order valence-corrected chi connectivity index (χ0v) is 14.6. The van der Waals surface area contributed by atoms with E-state index in [1.807, 2.05) is 10.3 Å². The summed E-state index contributed by atoms with van der Waals surface area (Å²) in [6.07, 6.45) is 5.11. The predicted molar refractivity (Wildman–Crippen MR) is 91.1 cm³/mol. The quantitative estimate of drug-likeness (QED) is 0.786. The average Bonchev–Trinajstić information content (AvgIpc) is 2.96. The predicted octanol–water partition coefficient (Wildman–Crippen LogP) is 1.84. The Morgan fingerprint density at radius 1 is 1.42 bits per heavy atom. The molecule has 24 heavy (non-hydrogen) atoms. The van der Waals surface area contributed by atoms with Gasteiger partial charge in [0.05, 0.1) is 18.7 Å². The van der Waals surface area contributed by atoms with Crippen LogP contribution in [0.4, 0.5) is 5.13 Å². The van der Waals surface area contributed by atoms with E-state index in [0.717, 1.165) is 62.8 Å². The number of hydrogen-bond donors (Lipinski definition) is 0. The van der Waals surface area contributed by atoms with E-state index in [2.05, 4.69) is 4.98 Å². The molecule has 3 heterocycles. The van der Waals surface area contributed by atoms with Crippen LogP contribution in [-0.2, 0) is 20.7 Å². The molecule has 0 bridgehead atoms. The van der Waals surface area contributed by atoms with Gasteiger partial charge in [-0.05, 0) is 25.7 Å². The van der Waals surface area contributed by atoms with Gasteiger partial charge in [-0.1, -0.05) is 0 Å². The molecule has 1 aromatic heterocycles. The molecule has 0 spiro atoms. The normalized spacial score (nSPS) is 23.9. The molecule has 6 nitrogen and oxygen atoms in total. The largest absolute Gasteiger partial charge is 0.381 e. The van der Waals surface area contributed by atoms with Crippen molar-refractivity contribution in [3.8, 4) is 0 Å². The van der Waals surface area contributed by atoms with E-state index in [-0.39, 0.29) is 11.8 Å². The molecule has 2 amide bonds. The van der Waals surface area contributed by atoms with Gasteiger partial charge in [0, 0.05) is 43.5 Å². The standard InChI is InChI=1S/C17H23N3O3S/c21-15-2-1-6-19(15)17-18-13(11-24-17)8-16(22)20(14-3-4-14)9-12-5-7-23-10-12/h11-12,14H,1-10H2/t12-/m0/s1. The number of hydrogen-bond acceptors (Lipinski definition) is 5. The number of anilines is 1. The van der Waals surface area contributed by atoms with Crippen LogP contribution in [0.1, 0.15) is 37.8 Å². The van der Waals surface area contributed by atoms with E-state index in [1.165, 1.54) is 11.3 Å². The summed E-state index contributed by atoms with van der Waals surface area (Å²) in [6.45, 7) is 3.14. The van der Waals surface area contributed by atoms with Crippen molar-refractivity contribution in [3.63, 3.8) is 0 Å². The lowest BCUT2D eigenvalue weighted by molar-refractivity contribution is -0.131. The van der Waals surface area contributed by atoms with Crippen molar-refractivity contribution in [2.75, 3.05) is 31.2 Å². The molecule has 4 rings (SSSR count). The van der Waals surface area contributed by atoms with Crippen molar-refractivity contribution in [1.29, 1.82) is 0 Å². The number of carbonyl (C=O) groups excluding carboxylic acids is 2. The Hall–Kier alpha value is -1.47. The van der Waals surface area contributed by atoms with E-state index in [1.54, 1.807) is 4.90 Å². The first kappa shape index (κ1) is 16.0. The summed E-state index contributed by atoms with van der Waals surface area (Å²) in [5.74, 6) is 0.778. The molecule has 3 fully saturated rings. The number of nitrogens with zero attached hydrogens (tertiary/aromatic N) is 3. The van der Waals surface area contributed by atoms with Gasteiger partial charge in [0.15, 0.2) is 5.13 Å². The third kappa shape index (κ3) is 3.47. The van der Waals surface area contributed by atoms with Crippen LogP contribution >= 0.6 is 11.3 Å². The number of rotatable bonds is 6. The molecule has 0 radical (unpaired) electrons. The minimum Gasteiger partial charge on any atom is -0.381 e. The smallest absolute Gasteiger partial charge is 0.228 e. The molecular formula is C17H23N3O3S. The number of ether oxygens (including phenoxy) is 1. The van der Waals surface area contributed by atoms with Crippen molar-refractivity contribution >= 4 is 28.3 Å². The van der Waals surface area contributed by atoms with Crippen LogP contribution in [0.25, 0.3) is 0 Å². The van der Waals surface area contributed by atoms with Crippen LogP contribution < -0.4 is 4.90 Å². The number of amides is 2. The second-order valence-corrected chi connectivity index (χ2v) is 7.79. The minimum absolute atomic E-state index is 0.142. The summed E-state index contributed by atoms with van der Waals surface area (Å²) >= 11 is 1.46. The van der Waals surface area contributed by atoms with E-state index >= 15 is 0 Å². The van der Waals surface area contributed by atoms with Crippen molar-refractivity contribution in [1.82, 2.24) is 9.88 Å². The van der Waals surface area contributed by atoms with Gasteiger partial charge in [-0.2, -0.15) is 0 Å². The average molecular weight is 349 g/mol. The SMILES string of the molecule is O=C1CCCN1c1nc(CC(=O)N(C[C@@H]2CCOC2)C2CC2)cs1.